The lowest BCUT2D eigenvalue weighted by atomic mass is 10.2. The number of para-hydroxylation sites is 1. The SMILES string of the molecule is OCc1ccc(Oc2c(F)cccc2CNC2CC2)cc1. The Morgan fingerprint density at radius 3 is 2.57 bits per heavy atom. The molecule has 0 aliphatic heterocycles. The molecule has 3 nitrogen and oxygen atoms in total. The average molecular weight is 287 g/mol. The highest BCUT2D eigenvalue weighted by atomic mass is 19.1. The molecule has 110 valence electrons. The minimum absolute atomic E-state index is 0.0173. The molecular formula is C17H18FNO2. The second kappa shape index (κ2) is 6.24. The fourth-order valence-corrected chi connectivity index (χ4v) is 2.13. The quantitative estimate of drug-likeness (QED) is 0.856. The molecular weight excluding hydrogens is 269 g/mol. The Bertz CT molecular complexity index is 609. The van der Waals surface area contributed by atoms with E-state index in [9.17, 15) is 4.39 Å². The minimum Gasteiger partial charge on any atom is -0.454 e. The topological polar surface area (TPSA) is 41.5 Å². The first-order valence-corrected chi connectivity index (χ1v) is 7.14. The van der Waals surface area contributed by atoms with E-state index in [0.29, 0.717) is 18.3 Å². The zero-order valence-corrected chi connectivity index (χ0v) is 11.7. The Kier molecular flexibility index (Phi) is 4.18. The molecule has 1 aliphatic carbocycles. The Balaban J connectivity index is 1.78. The third-order valence-corrected chi connectivity index (χ3v) is 3.53. The molecule has 0 heterocycles. The van der Waals surface area contributed by atoms with Crippen LogP contribution in [0, 0.1) is 5.82 Å². The minimum atomic E-state index is -0.365. The number of aliphatic hydroxyl groups is 1. The Hall–Kier alpha value is -1.91. The highest BCUT2D eigenvalue weighted by molar-refractivity contribution is 5.39. The van der Waals surface area contributed by atoms with Gasteiger partial charge in [0.25, 0.3) is 0 Å². The number of rotatable bonds is 6. The predicted octanol–water partition coefficient (Wildman–Crippen LogP) is 3.36. The van der Waals surface area contributed by atoms with Gasteiger partial charge in [0.15, 0.2) is 11.6 Å². The summed E-state index contributed by atoms with van der Waals surface area (Å²) in [4.78, 5) is 0. The molecule has 2 aromatic rings. The van der Waals surface area contributed by atoms with Crippen LogP contribution in [-0.4, -0.2) is 11.1 Å². The summed E-state index contributed by atoms with van der Waals surface area (Å²) in [5, 5.41) is 12.4. The Morgan fingerprint density at radius 2 is 1.90 bits per heavy atom. The lowest BCUT2D eigenvalue weighted by Gasteiger charge is -2.13. The maximum Gasteiger partial charge on any atom is 0.167 e. The van der Waals surface area contributed by atoms with Crippen LogP contribution in [0.25, 0.3) is 0 Å². The van der Waals surface area contributed by atoms with Crippen molar-refractivity contribution in [3.8, 4) is 11.5 Å². The molecule has 1 fully saturated rings. The van der Waals surface area contributed by atoms with Crippen molar-refractivity contribution in [3.63, 3.8) is 0 Å². The maximum absolute atomic E-state index is 14.0. The van der Waals surface area contributed by atoms with E-state index in [4.69, 9.17) is 9.84 Å². The summed E-state index contributed by atoms with van der Waals surface area (Å²) in [5.41, 5.74) is 1.61. The molecule has 0 spiro atoms. The van der Waals surface area contributed by atoms with Gasteiger partial charge in [0.1, 0.15) is 5.75 Å². The maximum atomic E-state index is 14.0. The number of hydrogen-bond donors (Lipinski definition) is 2. The largest absolute Gasteiger partial charge is 0.454 e. The molecule has 0 unspecified atom stereocenters. The Morgan fingerprint density at radius 1 is 1.14 bits per heavy atom. The molecule has 3 rings (SSSR count). The van der Waals surface area contributed by atoms with Crippen LogP contribution in [0.15, 0.2) is 42.5 Å². The van der Waals surface area contributed by atoms with Gasteiger partial charge < -0.3 is 15.2 Å². The van der Waals surface area contributed by atoms with E-state index in [1.807, 2.05) is 6.07 Å². The zero-order valence-electron chi connectivity index (χ0n) is 11.7. The summed E-state index contributed by atoms with van der Waals surface area (Å²) in [7, 11) is 0. The molecule has 1 saturated carbocycles. The van der Waals surface area contributed by atoms with Crippen LogP contribution < -0.4 is 10.1 Å². The number of ether oxygens (including phenoxy) is 1. The number of hydrogen-bond acceptors (Lipinski definition) is 3. The van der Waals surface area contributed by atoms with Crippen molar-refractivity contribution in [1.82, 2.24) is 5.32 Å². The van der Waals surface area contributed by atoms with E-state index in [1.165, 1.54) is 18.9 Å². The van der Waals surface area contributed by atoms with Crippen LogP contribution in [-0.2, 0) is 13.2 Å². The van der Waals surface area contributed by atoms with Gasteiger partial charge >= 0.3 is 0 Å². The van der Waals surface area contributed by atoms with Gasteiger partial charge in [0.2, 0.25) is 0 Å². The highest BCUT2D eigenvalue weighted by Crippen LogP contribution is 2.29. The van der Waals surface area contributed by atoms with Gasteiger partial charge in [0, 0.05) is 18.2 Å². The molecule has 0 bridgehead atoms. The third kappa shape index (κ3) is 3.60. The van der Waals surface area contributed by atoms with Gasteiger partial charge in [-0.15, -0.1) is 0 Å². The molecule has 0 aromatic heterocycles. The van der Waals surface area contributed by atoms with Gasteiger partial charge in [-0.1, -0.05) is 24.3 Å². The van der Waals surface area contributed by atoms with E-state index >= 15 is 0 Å². The molecule has 0 amide bonds. The number of nitrogens with one attached hydrogen (secondary N) is 1. The second-order valence-corrected chi connectivity index (χ2v) is 5.29. The van der Waals surface area contributed by atoms with Crippen molar-refractivity contribution in [3.05, 3.63) is 59.4 Å². The van der Waals surface area contributed by atoms with Gasteiger partial charge in [0.05, 0.1) is 6.61 Å². The van der Waals surface area contributed by atoms with Crippen molar-refractivity contribution in [2.24, 2.45) is 0 Å². The average Bonchev–Trinajstić information content (AvgIpc) is 3.33. The number of benzene rings is 2. The molecule has 21 heavy (non-hydrogen) atoms. The van der Waals surface area contributed by atoms with Crippen molar-refractivity contribution in [2.45, 2.75) is 32.0 Å². The summed E-state index contributed by atoms with van der Waals surface area (Å²) < 4.78 is 19.7. The normalized spacial score (nSPS) is 14.2. The first-order valence-electron chi connectivity index (χ1n) is 7.14. The predicted molar refractivity (Wildman–Crippen MR) is 78.7 cm³/mol. The van der Waals surface area contributed by atoms with Crippen LogP contribution in [0.3, 0.4) is 0 Å². The first kappa shape index (κ1) is 14.0. The lowest BCUT2D eigenvalue weighted by molar-refractivity contribution is 0.281. The number of aliphatic hydroxyl groups excluding tert-OH is 1. The van der Waals surface area contributed by atoms with Crippen molar-refractivity contribution < 1.29 is 14.2 Å². The van der Waals surface area contributed by atoms with E-state index < -0.39 is 0 Å². The van der Waals surface area contributed by atoms with Gasteiger partial charge in [-0.25, -0.2) is 4.39 Å². The smallest absolute Gasteiger partial charge is 0.167 e. The van der Waals surface area contributed by atoms with Crippen LogP contribution in [0.2, 0.25) is 0 Å². The zero-order chi connectivity index (χ0) is 14.7. The first-order chi connectivity index (χ1) is 10.3. The van der Waals surface area contributed by atoms with Crippen LogP contribution >= 0.6 is 0 Å². The van der Waals surface area contributed by atoms with Crippen LogP contribution in [0.4, 0.5) is 4.39 Å². The van der Waals surface area contributed by atoms with E-state index in [1.54, 1.807) is 30.3 Å². The summed E-state index contributed by atoms with van der Waals surface area (Å²) in [5.74, 6) is 0.462. The fourth-order valence-electron chi connectivity index (χ4n) is 2.13. The van der Waals surface area contributed by atoms with E-state index in [2.05, 4.69) is 5.32 Å². The standard InChI is InChI=1S/C17H18FNO2/c18-16-3-1-2-13(10-19-14-6-7-14)17(16)21-15-8-4-12(11-20)5-9-15/h1-5,8-9,14,19-20H,6-7,10-11H2. The molecule has 1 aliphatic rings. The summed E-state index contributed by atoms with van der Waals surface area (Å²) in [6.07, 6.45) is 2.38. The van der Waals surface area contributed by atoms with Crippen molar-refractivity contribution in [1.29, 1.82) is 0 Å². The van der Waals surface area contributed by atoms with Crippen LogP contribution in [0.5, 0.6) is 11.5 Å². The number of halogens is 1. The molecule has 0 atom stereocenters. The van der Waals surface area contributed by atoms with Gasteiger partial charge in [-0.05, 0) is 36.6 Å². The fraction of sp³-hybridized carbons (Fsp3) is 0.294. The molecule has 2 aromatic carbocycles. The van der Waals surface area contributed by atoms with Crippen LogP contribution in [0.1, 0.15) is 24.0 Å². The summed E-state index contributed by atoms with van der Waals surface area (Å²) in [6.45, 7) is 0.586. The highest BCUT2D eigenvalue weighted by Gasteiger charge is 2.21. The lowest BCUT2D eigenvalue weighted by Crippen LogP contribution is -2.16. The second-order valence-electron chi connectivity index (χ2n) is 5.29. The molecule has 4 heteroatoms. The molecule has 2 N–H and O–H groups in total. The summed E-state index contributed by atoms with van der Waals surface area (Å²) in [6, 6.07) is 12.5. The summed E-state index contributed by atoms with van der Waals surface area (Å²) >= 11 is 0. The van der Waals surface area contributed by atoms with Gasteiger partial charge in [-0.3, -0.25) is 0 Å². The van der Waals surface area contributed by atoms with E-state index in [0.717, 1.165) is 11.1 Å². The molecule has 0 radical (unpaired) electrons. The van der Waals surface area contributed by atoms with Gasteiger partial charge in [-0.2, -0.15) is 0 Å². The monoisotopic (exact) mass is 287 g/mol. The van der Waals surface area contributed by atoms with E-state index in [-0.39, 0.29) is 18.2 Å². The molecule has 0 saturated heterocycles. The van der Waals surface area contributed by atoms with Crippen molar-refractivity contribution >= 4 is 0 Å². The third-order valence-electron chi connectivity index (χ3n) is 3.53. The Labute approximate surface area is 123 Å². The van der Waals surface area contributed by atoms with Crippen molar-refractivity contribution in [2.75, 3.05) is 0 Å².